The summed E-state index contributed by atoms with van der Waals surface area (Å²) in [5.74, 6) is 2.58. The number of nitrogens with zero attached hydrogens (tertiary/aromatic N) is 1. The van der Waals surface area contributed by atoms with Gasteiger partial charge in [0.2, 0.25) is 0 Å². The van der Waals surface area contributed by atoms with Crippen LogP contribution in [0.5, 0.6) is 11.5 Å². The van der Waals surface area contributed by atoms with Crippen LogP contribution in [0, 0.1) is 5.92 Å². The topological polar surface area (TPSA) is 47.7 Å². The Morgan fingerprint density at radius 2 is 1.86 bits per heavy atom. The molecule has 21 heavy (non-hydrogen) atoms. The van der Waals surface area contributed by atoms with Crippen LogP contribution in [0.15, 0.2) is 24.3 Å². The zero-order valence-corrected chi connectivity index (χ0v) is 13.3. The highest BCUT2D eigenvalue weighted by Gasteiger charge is 2.24. The zero-order chi connectivity index (χ0) is 15.1. The molecule has 0 bridgehead atoms. The average molecular weight is 292 g/mol. The van der Waals surface area contributed by atoms with Crippen molar-refractivity contribution in [3.05, 3.63) is 24.3 Å². The standard InChI is InChI=1S/C17H28N2O2/c1-3-20-16-4-6-17(7-5-16)21-11-10-19-9-8-14(2)12-15(19)13-18/h4-7,14-15H,3,8-13,18H2,1-2H3. The van der Waals surface area contributed by atoms with E-state index in [2.05, 4.69) is 11.8 Å². The maximum absolute atomic E-state index is 5.89. The molecule has 1 aromatic carbocycles. The first-order chi connectivity index (χ1) is 10.2. The summed E-state index contributed by atoms with van der Waals surface area (Å²) >= 11 is 0. The maximum Gasteiger partial charge on any atom is 0.119 e. The highest BCUT2D eigenvalue weighted by molar-refractivity contribution is 5.31. The van der Waals surface area contributed by atoms with Gasteiger partial charge >= 0.3 is 0 Å². The summed E-state index contributed by atoms with van der Waals surface area (Å²) in [4.78, 5) is 2.47. The molecule has 0 spiro atoms. The van der Waals surface area contributed by atoms with E-state index in [-0.39, 0.29) is 0 Å². The molecule has 0 radical (unpaired) electrons. The Bertz CT molecular complexity index is 408. The minimum absolute atomic E-state index is 0.512. The van der Waals surface area contributed by atoms with Crippen molar-refractivity contribution >= 4 is 0 Å². The smallest absolute Gasteiger partial charge is 0.119 e. The molecule has 118 valence electrons. The van der Waals surface area contributed by atoms with Gasteiger partial charge in [-0.2, -0.15) is 0 Å². The van der Waals surface area contributed by atoms with E-state index in [0.717, 1.165) is 37.1 Å². The Balaban J connectivity index is 1.75. The molecule has 1 fully saturated rings. The normalized spacial score (nSPS) is 23.0. The van der Waals surface area contributed by atoms with Gasteiger partial charge in [-0.05, 0) is 56.5 Å². The molecule has 0 amide bonds. The summed E-state index contributed by atoms with van der Waals surface area (Å²) in [6.07, 6.45) is 2.47. The van der Waals surface area contributed by atoms with E-state index in [1.807, 2.05) is 31.2 Å². The monoisotopic (exact) mass is 292 g/mol. The van der Waals surface area contributed by atoms with E-state index in [4.69, 9.17) is 15.2 Å². The van der Waals surface area contributed by atoms with Gasteiger partial charge in [0.15, 0.2) is 0 Å². The van der Waals surface area contributed by atoms with Crippen LogP contribution in [0.4, 0.5) is 0 Å². The second kappa shape index (κ2) is 8.25. The molecule has 0 saturated carbocycles. The van der Waals surface area contributed by atoms with Gasteiger partial charge in [0.1, 0.15) is 18.1 Å². The van der Waals surface area contributed by atoms with Crippen molar-refractivity contribution in [1.82, 2.24) is 4.90 Å². The molecule has 4 nitrogen and oxygen atoms in total. The fourth-order valence-electron chi connectivity index (χ4n) is 2.92. The highest BCUT2D eigenvalue weighted by Crippen LogP contribution is 2.22. The lowest BCUT2D eigenvalue weighted by Gasteiger charge is -2.37. The Morgan fingerprint density at radius 3 is 2.48 bits per heavy atom. The molecule has 2 N–H and O–H groups in total. The molecule has 1 saturated heterocycles. The largest absolute Gasteiger partial charge is 0.494 e. The van der Waals surface area contributed by atoms with E-state index in [0.29, 0.717) is 19.3 Å². The molecule has 0 aliphatic carbocycles. The SMILES string of the molecule is CCOc1ccc(OCCN2CCC(C)CC2CN)cc1. The molecule has 2 rings (SSSR count). The Kier molecular flexibility index (Phi) is 6.33. The van der Waals surface area contributed by atoms with Gasteiger partial charge < -0.3 is 15.2 Å². The van der Waals surface area contributed by atoms with Crippen molar-refractivity contribution in [2.45, 2.75) is 32.7 Å². The summed E-state index contributed by atoms with van der Waals surface area (Å²) in [6, 6.07) is 8.33. The summed E-state index contributed by atoms with van der Waals surface area (Å²) in [7, 11) is 0. The third kappa shape index (κ3) is 4.90. The van der Waals surface area contributed by atoms with Crippen LogP contribution in [-0.4, -0.2) is 43.8 Å². The van der Waals surface area contributed by atoms with Gasteiger partial charge in [-0.25, -0.2) is 0 Å². The quantitative estimate of drug-likeness (QED) is 0.839. The van der Waals surface area contributed by atoms with Crippen LogP contribution < -0.4 is 15.2 Å². The number of nitrogens with two attached hydrogens (primary N) is 1. The van der Waals surface area contributed by atoms with Crippen molar-refractivity contribution < 1.29 is 9.47 Å². The van der Waals surface area contributed by atoms with Crippen molar-refractivity contribution in [2.24, 2.45) is 11.7 Å². The van der Waals surface area contributed by atoms with Crippen LogP contribution in [-0.2, 0) is 0 Å². The predicted octanol–water partition coefficient (Wildman–Crippen LogP) is 2.52. The van der Waals surface area contributed by atoms with Gasteiger partial charge in [0.05, 0.1) is 6.61 Å². The second-order valence-corrected chi connectivity index (χ2v) is 5.81. The first kappa shape index (κ1) is 16.1. The number of benzene rings is 1. The molecular formula is C17H28N2O2. The molecule has 4 heteroatoms. The van der Waals surface area contributed by atoms with Gasteiger partial charge in [0.25, 0.3) is 0 Å². The van der Waals surface area contributed by atoms with E-state index in [1.165, 1.54) is 12.8 Å². The number of rotatable bonds is 7. The van der Waals surface area contributed by atoms with Gasteiger partial charge in [-0.1, -0.05) is 6.92 Å². The number of hydrogen-bond donors (Lipinski definition) is 1. The molecule has 1 aliphatic heterocycles. The predicted molar refractivity (Wildman–Crippen MR) is 85.9 cm³/mol. The first-order valence-electron chi connectivity index (χ1n) is 8.02. The van der Waals surface area contributed by atoms with Crippen molar-refractivity contribution in [3.63, 3.8) is 0 Å². The fourth-order valence-corrected chi connectivity index (χ4v) is 2.92. The Labute approximate surface area is 128 Å². The lowest BCUT2D eigenvalue weighted by molar-refractivity contribution is 0.103. The van der Waals surface area contributed by atoms with Gasteiger partial charge in [-0.3, -0.25) is 4.90 Å². The third-order valence-corrected chi connectivity index (χ3v) is 4.15. The lowest BCUT2D eigenvalue weighted by Crippen LogP contribution is -2.47. The van der Waals surface area contributed by atoms with Crippen molar-refractivity contribution in [2.75, 3.05) is 32.8 Å². The zero-order valence-electron chi connectivity index (χ0n) is 13.3. The third-order valence-electron chi connectivity index (χ3n) is 4.15. The fraction of sp³-hybridized carbons (Fsp3) is 0.647. The number of ether oxygens (including phenoxy) is 2. The lowest BCUT2D eigenvalue weighted by atomic mass is 9.92. The minimum Gasteiger partial charge on any atom is -0.494 e. The van der Waals surface area contributed by atoms with Crippen LogP contribution in [0.3, 0.4) is 0 Å². The van der Waals surface area contributed by atoms with Crippen LogP contribution in [0.2, 0.25) is 0 Å². The van der Waals surface area contributed by atoms with Crippen LogP contribution in [0.1, 0.15) is 26.7 Å². The van der Waals surface area contributed by atoms with Crippen molar-refractivity contribution in [1.29, 1.82) is 0 Å². The van der Waals surface area contributed by atoms with E-state index >= 15 is 0 Å². The van der Waals surface area contributed by atoms with Crippen LogP contribution >= 0.6 is 0 Å². The Morgan fingerprint density at radius 1 is 1.19 bits per heavy atom. The Hall–Kier alpha value is -1.26. The average Bonchev–Trinajstić information content (AvgIpc) is 2.50. The van der Waals surface area contributed by atoms with Crippen molar-refractivity contribution in [3.8, 4) is 11.5 Å². The molecule has 2 atom stereocenters. The number of likely N-dealkylation sites (tertiary alicyclic amines) is 1. The first-order valence-corrected chi connectivity index (χ1v) is 8.02. The van der Waals surface area contributed by atoms with E-state index in [9.17, 15) is 0 Å². The molecule has 1 aliphatic rings. The molecule has 2 unspecified atom stereocenters. The van der Waals surface area contributed by atoms with E-state index in [1.54, 1.807) is 0 Å². The van der Waals surface area contributed by atoms with E-state index < -0.39 is 0 Å². The maximum atomic E-state index is 5.89. The summed E-state index contributed by atoms with van der Waals surface area (Å²) in [6.45, 7) is 8.52. The number of piperidine rings is 1. The second-order valence-electron chi connectivity index (χ2n) is 5.81. The molecule has 1 heterocycles. The summed E-state index contributed by atoms with van der Waals surface area (Å²) in [5, 5.41) is 0. The highest BCUT2D eigenvalue weighted by atomic mass is 16.5. The summed E-state index contributed by atoms with van der Waals surface area (Å²) in [5.41, 5.74) is 5.89. The molecular weight excluding hydrogens is 264 g/mol. The number of hydrogen-bond acceptors (Lipinski definition) is 4. The summed E-state index contributed by atoms with van der Waals surface area (Å²) < 4.78 is 11.2. The van der Waals surface area contributed by atoms with Gasteiger partial charge in [0, 0.05) is 19.1 Å². The molecule has 0 aromatic heterocycles. The van der Waals surface area contributed by atoms with Gasteiger partial charge in [-0.15, -0.1) is 0 Å². The minimum atomic E-state index is 0.512. The molecule has 1 aromatic rings. The van der Waals surface area contributed by atoms with Crippen LogP contribution in [0.25, 0.3) is 0 Å².